The Hall–Kier alpha value is -3.52. The molecule has 2 aliphatic heterocycles. The Morgan fingerprint density at radius 2 is 1.54 bits per heavy atom. The molecular formula is C31H36N4O4. The van der Waals surface area contributed by atoms with Crippen LogP contribution in [-0.4, -0.2) is 49.6 Å². The van der Waals surface area contributed by atoms with Gasteiger partial charge in [0.05, 0.1) is 17.1 Å². The maximum Gasteiger partial charge on any atom is 0.330 e. The van der Waals surface area contributed by atoms with Crippen molar-refractivity contribution < 1.29 is 14.7 Å². The number of aromatic nitrogens is 2. The molecule has 3 fully saturated rings. The smallest absolute Gasteiger partial charge is 0.330 e. The Bertz CT molecular complexity index is 1410. The second-order valence-electron chi connectivity index (χ2n) is 11.3. The molecule has 3 aromatic rings. The number of para-hydroxylation sites is 2. The van der Waals surface area contributed by atoms with Gasteiger partial charge in [0.2, 0.25) is 0 Å². The zero-order valence-corrected chi connectivity index (χ0v) is 22.2. The minimum Gasteiger partial charge on any atom is -0.479 e. The van der Waals surface area contributed by atoms with E-state index in [1.807, 2.05) is 24.3 Å². The van der Waals surface area contributed by atoms with Crippen molar-refractivity contribution in [3.05, 3.63) is 76.2 Å². The van der Waals surface area contributed by atoms with Crippen molar-refractivity contribution in [1.29, 1.82) is 0 Å². The highest BCUT2D eigenvalue weighted by Gasteiger charge is 2.50. The summed E-state index contributed by atoms with van der Waals surface area (Å²) in [6, 6.07) is 15.9. The van der Waals surface area contributed by atoms with E-state index in [0.29, 0.717) is 23.2 Å². The first-order valence-corrected chi connectivity index (χ1v) is 14.4. The minimum atomic E-state index is -1.28. The van der Waals surface area contributed by atoms with Gasteiger partial charge in [0, 0.05) is 18.1 Å². The quantitative estimate of drug-likeness (QED) is 0.474. The van der Waals surface area contributed by atoms with E-state index in [1.54, 1.807) is 34.9 Å². The monoisotopic (exact) mass is 528 g/mol. The van der Waals surface area contributed by atoms with Crippen LogP contribution in [0.3, 0.4) is 0 Å². The fraction of sp³-hybridized carbons (Fsp3) is 0.484. The maximum absolute atomic E-state index is 14.0. The van der Waals surface area contributed by atoms with Crippen molar-refractivity contribution in [2.75, 3.05) is 0 Å². The first-order valence-electron chi connectivity index (χ1n) is 14.4. The molecule has 8 heteroatoms. The van der Waals surface area contributed by atoms with Crippen LogP contribution in [0, 0.1) is 0 Å². The number of amides is 1. The molecule has 2 bridgehead atoms. The molecule has 2 saturated heterocycles. The van der Waals surface area contributed by atoms with E-state index >= 15 is 0 Å². The van der Waals surface area contributed by atoms with Gasteiger partial charge < -0.3 is 10.4 Å². The number of nitrogens with one attached hydrogen (secondary N) is 1. The number of carbonyl (C=O) groups is 2. The number of aliphatic carboxylic acids is 1. The topological polar surface area (TPSA) is 105 Å². The standard InChI is InChI=1S/C31H36N4O4/c36-29(33-27(31(38)39)20-11-5-4-6-12-20)28-30(37)35(24-16-10-9-15-23(24)32-28)26-19-22-17-18-25(26)34(22)21-13-7-2-1-3-8-14-21/h4-6,9-12,15-16,21-22,25-27H,1-3,7-8,13-14,17-19H2,(H,33,36)(H,38,39)/t22-,25+,26+,27-/m0/s1. The van der Waals surface area contributed by atoms with Gasteiger partial charge in [0.25, 0.3) is 11.5 Å². The average molecular weight is 529 g/mol. The third-order valence-corrected chi connectivity index (χ3v) is 9.05. The van der Waals surface area contributed by atoms with Gasteiger partial charge >= 0.3 is 5.97 Å². The van der Waals surface area contributed by atoms with E-state index in [2.05, 4.69) is 15.2 Å². The van der Waals surface area contributed by atoms with E-state index in [1.165, 1.54) is 44.9 Å². The second-order valence-corrected chi connectivity index (χ2v) is 11.3. The summed E-state index contributed by atoms with van der Waals surface area (Å²) in [5, 5.41) is 12.4. The molecule has 0 spiro atoms. The third-order valence-electron chi connectivity index (χ3n) is 9.05. The zero-order valence-electron chi connectivity index (χ0n) is 22.2. The molecule has 1 saturated carbocycles. The lowest BCUT2D eigenvalue weighted by molar-refractivity contribution is -0.139. The van der Waals surface area contributed by atoms with Gasteiger partial charge in [0.15, 0.2) is 11.7 Å². The predicted molar refractivity (Wildman–Crippen MR) is 149 cm³/mol. The largest absolute Gasteiger partial charge is 0.479 e. The molecule has 1 aromatic heterocycles. The number of fused-ring (bicyclic) bond motifs is 3. The Balaban J connectivity index is 1.36. The number of nitrogens with zero attached hydrogens (tertiary/aromatic N) is 3. The van der Waals surface area contributed by atoms with Gasteiger partial charge in [-0.2, -0.15) is 0 Å². The fourth-order valence-corrected chi connectivity index (χ4v) is 7.34. The first kappa shape index (κ1) is 25.7. The van der Waals surface area contributed by atoms with E-state index in [0.717, 1.165) is 24.8 Å². The Morgan fingerprint density at radius 3 is 2.28 bits per heavy atom. The molecule has 3 heterocycles. The summed E-state index contributed by atoms with van der Waals surface area (Å²) in [5.41, 5.74) is 1.03. The van der Waals surface area contributed by atoms with Crippen LogP contribution in [0.5, 0.6) is 0 Å². The molecule has 4 atom stereocenters. The van der Waals surface area contributed by atoms with Gasteiger partial charge in [-0.15, -0.1) is 0 Å². The predicted octanol–water partition coefficient (Wildman–Crippen LogP) is 4.84. The third kappa shape index (κ3) is 4.86. The van der Waals surface area contributed by atoms with Crippen LogP contribution in [0.4, 0.5) is 0 Å². The number of hydrogen-bond acceptors (Lipinski definition) is 5. The molecule has 3 aliphatic rings. The lowest BCUT2D eigenvalue weighted by atomic mass is 9.94. The highest BCUT2D eigenvalue weighted by atomic mass is 16.4. The molecule has 39 heavy (non-hydrogen) atoms. The molecular weight excluding hydrogens is 492 g/mol. The van der Waals surface area contributed by atoms with Gasteiger partial charge in [-0.25, -0.2) is 9.78 Å². The molecule has 6 rings (SSSR count). The lowest BCUT2D eigenvalue weighted by Crippen LogP contribution is -2.43. The molecule has 1 amide bonds. The number of carboxylic acids is 1. The first-order chi connectivity index (χ1) is 19.0. The summed E-state index contributed by atoms with van der Waals surface area (Å²) in [7, 11) is 0. The van der Waals surface area contributed by atoms with E-state index < -0.39 is 23.5 Å². The summed E-state index contributed by atoms with van der Waals surface area (Å²) in [4.78, 5) is 46.7. The van der Waals surface area contributed by atoms with Crippen molar-refractivity contribution in [2.24, 2.45) is 0 Å². The Morgan fingerprint density at radius 1 is 0.846 bits per heavy atom. The number of carbonyl (C=O) groups excluding carboxylic acids is 1. The van der Waals surface area contributed by atoms with Gasteiger partial charge in [-0.3, -0.25) is 19.1 Å². The van der Waals surface area contributed by atoms with Crippen molar-refractivity contribution in [1.82, 2.24) is 19.8 Å². The molecule has 2 N–H and O–H groups in total. The van der Waals surface area contributed by atoms with Crippen molar-refractivity contribution >= 4 is 22.9 Å². The highest BCUT2D eigenvalue weighted by Crippen LogP contribution is 2.47. The molecule has 0 radical (unpaired) electrons. The normalized spacial score (nSPS) is 24.8. The van der Waals surface area contributed by atoms with Crippen LogP contribution in [-0.2, 0) is 4.79 Å². The summed E-state index contributed by atoms with van der Waals surface area (Å²) >= 11 is 0. The number of rotatable bonds is 6. The lowest BCUT2D eigenvalue weighted by Gasteiger charge is -2.34. The zero-order chi connectivity index (χ0) is 26.9. The fourth-order valence-electron chi connectivity index (χ4n) is 7.34. The molecule has 204 valence electrons. The van der Waals surface area contributed by atoms with Crippen molar-refractivity contribution in [2.45, 2.75) is 94.4 Å². The summed E-state index contributed by atoms with van der Waals surface area (Å²) in [6.07, 6.45) is 12.0. The molecule has 1 aliphatic carbocycles. The summed E-state index contributed by atoms with van der Waals surface area (Å²) < 4.78 is 1.80. The number of carboxylic acid groups (broad SMARTS) is 1. The van der Waals surface area contributed by atoms with Crippen LogP contribution >= 0.6 is 0 Å². The minimum absolute atomic E-state index is 0.0365. The van der Waals surface area contributed by atoms with Crippen LogP contribution in [0.25, 0.3) is 11.0 Å². The van der Waals surface area contributed by atoms with E-state index in [9.17, 15) is 19.5 Å². The summed E-state index contributed by atoms with van der Waals surface area (Å²) in [6.45, 7) is 0. The Labute approximate surface area is 228 Å². The maximum atomic E-state index is 14.0. The number of benzene rings is 2. The second kappa shape index (κ2) is 10.9. The van der Waals surface area contributed by atoms with Gasteiger partial charge in [0.1, 0.15) is 0 Å². The van der Waals surface area contributed by atoms with Gasteiger partial charge in [-0.05, 0) is 49.8 Å². The average Bonchev–Trinajstić information content (AvgIpc) is 3.49. The molecule has 0 unspecified atom stereocenters. The number of hydrogen-bond donors (Lipinski definition) is 2. The van der Waals surface area contributed by atoms with Gasteiger partial charge in [-0.1, -0.05) is 74.6 Å². The van der Waals surface area contributed by atoms with Crippen molar-refractivity contribution in [3.8, 4) is 0 Å². The highest BCUT2D eigenvalue weighted by molar-refractivity contribution is 5.96. The summed E-state index contributed by atoms with van der Waals surface area (Å²) in [5.74, 6) is -1.96. The van der Waals surface area contributed by atoms with Crippen LogP contribution < -0.4 is 10.9 Å². The van der Waals surface area contributed by atoms with Crippen LogP contribution in [0.1, 0.15) is 92.3 Å². The van der Waals surface area contributed by atoms with Crippen LogP contribution in [0.2, 0.25) is 0 Å². The molecule has 2 aromatic carbocycles. The van der Waals surface area contributed by atoms with Crippen molar-refractivity contribution in [3.63, 3.8) is 0 Å². The SMILES string of the molecule is O=C(N[C@H](C(=O)O)c1ccccc1)c1nc2ccccc2n([C@@H]2C[C@@H]3CC[C@H]2N3C2CCCCCCC2)c1=O. The van der Waals surface area contributed by atoms with E-state index in [-0.39, 0.29) is 17.8 Å². The van der Waals surface area contributed by atoms with E-state index in [4.69, 9.17) is 0 Å². The van der Waals surface area contributed by atoms with Crippen LogP contribution in [0.15, 0.2) is 59.4 Å². The molecule has 8 nitrogen and oxygen atoms in total. The Kier molecular flexibility index (Phi) is 7.21.